The molecule has 1 aromatic heterocycles. The van der Waals surface area contributed by atoms with Gasteiger partial charge in [0.25, 0.3) is 5.91 Å². The lowest BCUT2D eigenvalue weighted by Crippen LogP contribution is -2.31. The van der Waals surface area contributed by atoms with E-state index in [-0.39, 0.29) is 10.8 Å². The Hall–Kier alpha value is -2.21. The van der Waals surface area contributed by atoms with Crippen molar-refractivity contribution in [2.24, 2.45) is 0 Å². The van der Waals surface area contributed by atoms with Gasteiger partial charge in [-0.15, -0.1) is 11.3 Å². The van der Waals surface area contributed by atoms with Crippen LogP contribution in [0.15, 0.2) is 29.2 Å². The van der Waals surface area contributed by atoms with Gasteiger partial charge in [-0.05, 0) is 68.4 Å². The zero-order chi connectivity index (χ0) is 21.8. The minimum Gasteiger partial charge on any atom is -0.312 e. The summed E-state index contributed by atoms with van der Waals surface area (Å²) in [4.78, 5) is 14.2. The predicted octanol–water partition coefficient (Wildman–Crippen LogP) is 4.71. The van der Waals surface area contributed by atoms with Crippen molar-refractivity contribution in [2.75, 3.05) is 18.4 Å². The second kappa shape index (κ2) is 9.51. The third kappa shape index (κ3) is 4.69. The Morgan fingerprint density at radius 3 is 2.29 bits per heavy atom. The van der Waals surface area contributed by atoms with E-state index in [2.05, 4.69) is 11.4 Å². The number of sulfonamides is 1. The maximum atomic E-state index is 12.9. The number of fused-ring (bicyclic) bond motifs is 1. The molecule has 1 aliphatic heterocycles. The molecule has 1 fully saturated rings. The molecule has 2 aliphatic rings. The van der Waals surface area contributed by atoms with Crippen molar-refractivity contribution >= 4 is 32.3 Å². The Bertz CT molecular complexity index is 1090. The van der Waals surface area contributed by atoms with Crippen LogP contribution in [-0.2, 0) is 22.9 Å². The molecule has 0 spiro atoms. The van der Waals surface area contributed by atoms with Gasteiger partial charge in [0.15, 0.2) is 0 Å². The number of amides is 1. The quantitative estimate of drug-likeness (QED) is 0.674. The van der Waals surface area contributed by atoms with Crippen LogP contribution in [0.2, 0.25) is 0 Å². The highest BCUT2D eigenvalue weighted by molar-refractivity contribution is 7.89. The van der Waals surface area contributed by atoms with Crippen molar-refractivity contribution in [3.63, 3.8) is 0 Å². The first-order valence-corrected chi connectivity index (χ1v) is 13.2. The number of nitrogens with one attached hydrogen (secondary N) is 1. The van der Waals surface area contributed by atoms with Crippen molar-refractivity contribution in [3.05, 3.63) is 45.8 Å². The molecule has 4 rings (SSSR count). The van der Waals surface area contributed by atoms with Crippen molar-refractivity contribution in [2.45, 2.75) is 62.7 Å². The Balaban J connectivity index is 1.51. The second-order valence-corrected chi connectivity index (χ2v) is 11.2. The first-order chi connectivity index (χ1) is 15.0. The van der Waals surface area contributed by atoms with Gasteiger partial charge in [0.2, 0.25) is 10.0 Å². The first kappa shape index (κ1) is 22.0. The molecule has 1 saturated heterocycles. The fourth-order valence-electron chi connectivity index (χ4n) is 4.33. The van der Waals surface area contributed by atoms with E-state index in [1.807, 2.05) is 0 Å². The number of aryl methyl sites for hydroxylation is 1. The summed E-state index contributed by atoms with van der Waals surface area (Å²) in [6, 6.07) is 8.37. The van der Waals surface area contributed by atoms with E-state index in [0.717, 1.165) is 56.9 Å². The standard InChI is InChI=1S/C23H27N3O3S2/c24-16-20-19-8-4-3-5-9-21(19)30-23(20)25-22(27)17-10-12-18(13-11-17)31(28,29)26-14-6-1-2-7-15-26/h10-13H,1-9,14-15H2,(H,25,27). The van der Waals surface area contributed by atoms with Crippen LogP contribution in [0.4, 0.5) is 5.00 Å². The number of rotatable bonds is 4. The third-order valence-corrected chi connectivity index (χ3v) is 9.20. The smallest absolute Gasteiger partial charge is 0.256 e. The summed E-state index contributed by atoms with van der Waals surface area (Å²) in [6.45, 7) is 1.09. The molecule has 1 aliphatic carbocycles. The third-order valence-electron chi connectivity index (χ3n) is 6.08. The molecule has 0 atom stereocenters. The van der Waals surface area contributed by atoms with Crippen LogP contribution >= 0.6 is 11.3 Å². The maximum absolute atomic E-state index is 12.9. The molecule has 0 bridgehead atoms. The van der Waals surface area contributed by atoms with Gasteiger partial charge >= 0.3 is 0 Å². The van der Waals surface area contributed by atoms with Gasteiger partial charge in [-0.3, -0.25) is 4.79 Å². The Labute approximate surface area is 187 Å². The molecule has 2 aromatic rings. The van der Waals surface area contributed by atoms with Crippen LogP contribution in [-0.4, -0.2) is 31.7 Å². The number of carbonyl (C=O) groups excluding carboxylic acids is 1. The molecule has 8 heteroatoms. The van der Waals surface area contributed by atoms with E-state index in [9.17, 15) is 18.5 Å². The number of hydrogen-bond acceptors (Lipinski definition) is 5. The molecular weight excluding hydrogens is 430 g/mol. The van der Waals surface area contributed by atoms with Crippen LogP contribution in [0.25, 0.3) is 0 Å². The average molecular weight is 458 g/mol. The van der Waals surface area contributed by atoms with Gasteiger partial charge in [-0.25, -0.2) is 8.42 Å². The van der Waals surface area contributed by atoms with Crippen LogP contribution in [0.5, 0.6) is 0 Å². The molecule has 2 heterocycles. The summed E-state index contributed by atoms with van der Waals surface area (Å²) in [5, 5.41) is 13.1. The largest absolute Gasteiger partial charge is 0.312 e. The van der Waals surface area contributed by atoms with Crippen LogP contribution in [0.3, 0.4) is 0 Å². The lowest BCUT2D eigenvalue weighted by Gasteiger charge is -2.20. The number of carbonyl (C=O) groups is 1. The summed E-state index contributed by atoms with van der Waals surface area (Å²) in [6.07, 6.45) is 9.06. The van der Waals surface area contributed by atoms with Crippen LogP contribution in [0, 0.1) is 11.3 Å². The van der Waals surface area contributed by atoms with Gasteiger partial charge in [0.05, 0.1) is 10.5 Å². The number of anilines is 1. The molecule has 6 nitrogen and oxygen atoms in total. The average Bonchev–Trinajstić information content (AvgIpc) is 3.01. The molecule has 1 amide bonds. The molecular formula is C23H27N3O3S2. The lowest BCUT2D eigenvalue weighted by atomic mass is 10.1. The number of benzene rings is 1. The van der Waals surface area contributed by atoms with Crippen LogP contribution in [0.1, 0.15) is 71.3 Å². The first-order valence-electron chi connectivity index (χ1n) is 11.0. The highest BCUT2D eigenvalue weighted by Gasteiger charge is 2.26. The van der Waals surface area contributed by atoms with Crippen LogP contribution < -0.4 is 5.32 Å². The van der Waals surface area contributed by atoms with E-state index in [0.29, 0.717) is 29.2 Å². The Morgan fingerprint density at radius 1 is 0.968 bits per heavy atom. The summed E-state index contributed by atoms with van der Waals surface area (Å²) in [5.41, 5.74) is 2.04. The van der Waals surface area contributed by atoms with Gasteiger partial charge in [0, 0.05) is 23.5 Å². The van der Waals surface area contributed by atoms with Gasteiger partial charge in [-0.1, -0.05) is 19.3 Å². The zero-order valence-electron chi connectivity index (χ0n) is 17.5. The minimum atomic E-state index is -3.54. The monoisotopic (exact) mass is 457 g/mol. The Kier molecular flexibility index (Phi) is 6.75. The van der Waals surface area contributed by atoms with Gasteiger partial charge in [-0.2, -0.15) is 9.57 Å². The van der Waals surface area contributed by atoms with Crippen molar-refractivity contribution in [3.8, 4) is 6.07 Å². The molecule has 1 aromatic carbocycles. The lowest BCUT2D eigenvalue weighted by molar-refractivity contribution is 0.102. The van der Waals surface area contributed by atoms with E-state index in [4.69, 9.17) is 0 Å². The fourth-order valence-corrected chi connectivity index (χ4v) is 7.09. The number of hydrogen-bond donors (Lipinski definition) is 1. The minimum absolute atomic E-state index is 0.214. The van der Waals surface area contributed by atoms with E-state index >= 15 is 0 Å². The predicted molar refractivity (Wildman–Crippen MR) is 122 cm³/mol. The van der Waals surface area contributed by atoms with E-state index < -0.39 is 10.0 Å². The summed E-state index contributed by atoms with van der Waals surface area (Å²) in [5.74, 6) is -0.327. The summed E-state index contributed by atoms with van der Waals surface area (Å²) in [7, 11) is -3.54. The molecule has 0 saturated carbocycles. The number of nitrogens with zero attached hydrogens (tertiary/aromatic N) is 2. The summed E-state index contributed by atoms with van der Waals surface area (Å²) >= 11 is 1.49. The highest BCUT2D eigenvalue weighted by Crippen LogP contribution is 2.37. The van der Waals surface area contributed by atoms with Crippen molar-refractivity contribution in [1.82, 2.24) is 4.31 Å². The molecule has 0 unspecified atom stereocenters. The van der Waals surface area contributed by atoms with Crippen molar-refractivity contribution < 1.29 is 13.2 Å². The maximum Gasteiger partial charge on any atom is 0.256 e. The van der Waals surface area contributed by atoms with E-state index in [1.54, 1.807) is 16.4 Å². The normalized spacial score (nSPS) is 17.8. The molecule has 0 radical (unpaired) electrons. The topological polar surface area (TPSA) is 90.3 Å². The second-order valence-electron chi connectivity index (χ2n) is 8.18. The van der Waals surface area contributed by atoms with E-state index in [1.165, 1.54) is 34.8 Å². The summed E-state index contributed by atoms with van der Waals surface area (Å²) < 4.78 is 27.4. The Morgan fingerprint density at radius 2 is 1.61 bits per heavy atom. The molecule has 31 heavy (non-hydrogen) atoms. The number of nitriles is 1. The van der Waals surface area contributed by atoms with Gasteiger partial charge < -0.3 is 5.32 Å². The highest BCUT2D eigenvalue weighted by atomic mass is 32.2. The van der Waals surface area contributed by atoms with Crippen molar-refractivity contribution in [1.29, 1.82) is 5.26 Å². The fraction of sp³-hybridized carbons (Fsp3) is 0.478. The number of thiophene rings is 1. The molecule has 1 N–H and O–H groups in total. The SMILES string of the molecule is N#Cc1c(NC(=O)c2ccc(S(=O)(=O)N3CCCCCC3)cc2)sc2c1CCCCC2. The van der Waals surface area contributed by atoms with Gasteiger partial charge in [0.1, 0.15) is 11.1 Å². The zero-order valence-corrected chi connectivity index (χ0v) is 19.2. The molecule has 164 valence electrons.